The number of nitrogens with one attached hydrogen (secondary N) is 1. The standard InChI is InChI=1S/C15H20F3N/c1-11-7-8-13(9-11)19-14(10-15(16,17)18)12-5-3-2-4-6-12/h2-6,11,13-14,19H,7-10H2,1H3. The van der Waals surface area contributed by atoms with E-state index in [1.54, 1.807) is 24.3 Å². The molecule has 1 nitrogen and oxygen atoms in total. The van der Waals surface area contributed by atoms with Crippen molar-refractivity contribution in [3.8, 4) is 0 Å². The van der Waals surface area contributed by atoms with Crippen LogP contribution in [0.3, 0.4) is 0 Å². The van der Waals surface area contributed by atoms with Crippen LogP contribution in [0.2, 0.25) is 0 Å². The molecule has 1 aromatic carbocycles. The smallest absolute Gasteiger partial charge is 0.307 e. The van der Waals surface area contributed by atoms with Crippen LogP contribution in [0.4, 0.5) is 13.2 Å². The van der Waals surface area contributed by atoms with Gasteiger partial charge in [0.25, 0.3) is 0 Å². The molecule has 1 aliphatic carbocycles. The van der Waals surface area contributed by atoms with E-state index in [0.717, 1.165) is 24.8 Å². The molecule has 0 radical (unpaired) electrons. The van der Waals surface area contributed by atoms with Crippen molar-refractivity contribution in [1.82, 2.24) is 5.32 Å². The fraction of sp³-hybridized carbons (Fsp3) is 0.600. The van der Waals surface area contributed by atoms with Gasteiger partial charge < -0.3 is 5.32 Å². The molecule has 0 heterocycles. The van der Waals surface area contributed by atoms with E-state index in [0.29, 0.717) is 5.92 Å². The highest BCUT2D eigenvalue weighted by molar-refractivity contribution is 5.19. The Hall–Kier alpha value is -1.03. The van der Waals surface area contributed by atoms with Gasteiger partial charge in [-0.05, 0) is 30.7 Å². The molecule has 3 unspecified atom stereocenters. The lowest BCUT2D eigenvalue weighted by molar-refractivity contribution is -0.140. The van der Waals surface area contributed by atoms with Crippen LogP contribution < -0.4 is 5.32 Å². The zero-order valence-corrected chi connectivity index (χ0v) is 11.1. The van der Waals surface area contributed by atoms with Gasteiger partial charge in [0.05, 0.1) is 6.42 Å². The normalized spacial score (nSPS) is 25.5. The lowest BCUT2D eigenvalue weighted by Crippen LogP contribution is -2.33. The van der Waals surface area contributed by atoms with Gasteiger partial charge in [0.15, 0.2) is 0 Å². The average molecular weight is 271 g/mol. The van der Waals surface area contributed by atoms with Gasteiger partial charge in [-0.25, -0.2) is 0 Å². The molecule has 0 bridgehead atoms. The molecule has 3 atom stereocenters. The zero-order valence-electron chi connectivity index (χ0n) is 11.1. The molecule has 0 saturated heterocycles. The van der Waals surface area contributed by atoms with E-state index < -0.39 is 18.6 Å². The Labute approximate surface area is 112 Å². The van der Waals surface area contributed by atoms with Crippen LogP contribution in [0, 0.1) is 5.92 Å². The topological polar surface area (TPSA) is 12.0 Å². The van der Waals surface area contributed by atoms with Crippen LogP contribution in [-0.4, -0.2) is 12.2 Å². The Bertz CT molecular complexity index is 388. The summed E-state index contributed by atoms with van der Waals surface area (Å²) in [4.78, 5) is 0. The van der Waals surface area contributed by atoms with E-state index >= 15 is 0 Å². The van der Waals surface area contributed by atoms with Crippen LogP contribution in [0.5, 0.6) is 0 Å². The van der Waals surface area contributed by atoms with Crippen LogP contribution in [0.1, 0.15) is 44.2 Å². The summed E-state index contributed by atoms with van der Waals surface area (Å²) in [5.41, 5.74) is 0.722. The Balaban J connectivity index is 2.06. The van der Waals surface area contributed by atoms with E-state index in [-0.39, 0.29) is 6.04 Å². The first kappa shape index (κ1) is 14.4. The number of alkyl halides is 3. The highest BCUT2D eigenvalue weighted by Gasteiger charge is 2.34. The third kappa shape index (κ3) is 4.53. The monoisotopic (exact) mass is 271 g/mol. The van der Waals surface area contributed by atoms with Crippen LogP contribution in [0.25, 0.3) is 0 Å². The molecule has 2 rings (SSSR count). The van der Waals surface area contributed by atoms with E-state index in [2.05, 4.69) is 12.2 Å². The SMILES string of the molecule is CC1CCC(NC(CC(F)(F)F)c2ccccc2)C1. The molecular formula is C15H20F3N. The lowest BCUT2D eigenvalue weighted by atomic mass is 10.0. The van der Waals surface area contributed by atoms with Gasteiger partial charge in [0, 0.05) is 12.1 Å². The van der Waals surface area contributed by atoms with Crippen molar-refractivity contribution in [1.29, 1.82) is 0 Å². The van der Waals surface area contributed by atoms with Crippen LogP contribution in [-0.2, 0) is 0 Å². The minimum atomic E-state index is -4.14. The molecule has 0 aromatic heterocycles. The van der Waals surface area contributed by atoms with E-state index in [4.69, 9.17) is 0 Å². The zero-order chi connectivity index (χ0) is 13.9. The summed E-state index contributed by atoms with van der Waals surface area (Å²) in [6.45, 7) is 2.16. The van der Waals surface area contributed by atoms with E-state index in [1.807, 2.05) is 6.07 Å². The van der Waals surface area contributed by atoms with E-state index in [1.165, 1.54) is 0 Å². The number of halogens is 3. The van der Waals surface area contributed by atoms with Crippen LogP contribution in [0.15, 0.2) is 30.3 Å². The highest BCUT2D eigenvalue weighted by Crippen LogP contribution is 2.32. The molecule has 1 N–H and O–H groups in total. The Kier molecular flexibility index (Phi) is 4.50. The quantitative estimate of drug-likeness (QED) is 0.852. The predicted molar refractivity (Wildman–Crippen MR) is 69.8 cm³/mol. The Morgan fingerprint density at radius 3 is 2.42 bits per heavy atom. The van der Waals surface area contributed by atoms with Crippen molar-refractivity contribution >= 4 is 0 Å². The maximum Gasteiger partial charge on any atom is 0.390 e. The largest absolute Gasteiger partial charge is 0.390 e. The molecule has 0 spiro atoms. The fourth-order valence-corrected chi connectivity index (χ4v) is 2.83. The molecule has 1 aliphatic rings. The Morgan fingerprint density at radius 1 is 1.21 bits per heavy atom. The van der Waals surface area contributed by atoms with Crippen LogP contribution >= 0.6 is 0 Å². The molecule has 19 heavy (non-hydrogen) atoms. The second-order valence-corrected chi connectivity index (χ2v) is 5.56. The molecule has 1 aromatic rings. The summed E-state index contributed by atoms with van der Waals surface area (Å²) in [7, 11) is 0. The molecule has 0 aliphatic heterocycles. The van der Waals surface area contributed by atoms with Crippen molar-refractivity contribution in [2.75, 3.05) is 0 Å². The third-order valence-electron chi connectivity index (χ3n) is 3.77. The molecule has 106 valence electrons. The molecular weight excluding hydrogens is 251 g/mol. The average Bonchev–Trinajstić information content (AvgIpc) is 2.73. The van der Waals surface area contributed by atoms with Gasteiger partial charge in [-0.1, -0.05) is 37.3 Å². The second kappa shape index (κ2) is 5.95. The summed E-state index contributed by atoms with van der Waals surface area (Å²) in [6, 6.07) is 8.52. The van der Waals surface area contributed by atoms with Crippen molar-refractivity contribution in [2.24, 2.45) is 5.92 Å². The maximum absolute atomic E-state index is 12.7. The van der Waals surface area contributed by atoms with Crippen molar-refractivity contribution in [2.45, 2.75) is 50.9 Å². The summed E-state index contributed by atoms with van der Waals surface area (Å²) in [5, 5.41) is 3.20. The first-order chi connectivity index (χ1) is 8.94. The highest BCUT2D eigenvalue weighted by atomic mass is 19.4. The summed E-state index contributed by atoms with van der Waals surface area (Å²) < 4.78 is 38.1. The summed E-state index contributed by atoms with van der Waals surface area (Å²) in [5.74, 6) is 0.611. The summed E-state index contributed by atoms with van der Waals surface area (Å²) >= 11 is 0. The van der Waals surface area contributed by atoms with Gasteiger partial charge in [-0.2, -0.15) is 13.2 Å². The molecule has 0 amide bonds. The molecule has 4 heteroatoms. The maximum atomic E-state index is 12.7. The minimum Gasteiger partial charge on any atom is -0.307 e. The number of hydrogen-bond donors (Lipinski definition) is 1. The van der Waals surface area contributed by atoms with Crippen molar-refractivity contribution in [3.63, 3.8) is 0 Å². The fourth-order valence-electron chi connectivity index (χ4n) is 2.83. The second-order valence-electron chi connectivity index (χ2n) is 5.56. The minimum absolute atomic E-state index is 0.211. The first-order valence-corrected chi connectivity index (χ1v) is 6.82. The van der Waals surface area contributed by atoms with Gasteiger partial charge in [-0.3, -0.25) is 0 Å². The van der Waals surface area contributed by atoms with E-state index in [9.17, 15) is 13.2 Å². The number of rotatable bonds is 4. The lowest BCUT2D eigenvalue weighted by Gasteiger charge is -2.24. The van der Waals surface area contributed by atoms with Gasteiger partial charge in [0.1, 0.15) is 0 Å². The first-order valence-electron chi connectivity index (χ1n) is 6.82. The van der Waals surface area contributed by atoms with Gasteiger partial charge >= 0.3 is 6.18 Å². The van der Waals surface area contributed by atoms with Gasteiger partial charge in [0.2, 0.25) is 0 Å². The molecule has 1 fully saturated rings. The third-order valence-corrected chi connectivity index (χ3v) is 3.77. The Morgan fingerprint density at radius 2 is 1.89 bits per heavy atom. The molecule has 1 saturated carbocycles. The van der Waals surface area contributed by atoms with Crippen molar-refractivity contribution < 1.29 is 13.2 Å². The number of benzene rings is 1. The number of hydrogen-bond acceptors (Lipinski definition) is 1. The van der Waals surface area contributed by atoms with Crippen molar-refractivity contribution in [3.05, 3.63) is 35.9 Å². The predicted octanol–water partition coefficient (Wildman–Crippen LogP) is 4.46. The summed E-state index contributed by atoms with van der Waals surface area (Å²) in [6.07, 6.45) is -1.89. The van der Waals surface area contributed by atoms with Gasteiger partial charge in [-0.15, -0.1) is 0 Å².